The van der Waals surface area contributed by atoms with E-state index in [1.165, 1.54) is 5.56 Å². The third-order valence-electron chi connectivity index (χ3n) is 2.54. The summed E-state index contributed by atoms with van der Waals surface area (Å²) in [6, 6.07) is 10.1. The quantitative estimate of drug-likeness (QED) is 0.649. The zero-order chi connectivity index (χ0) is 13.3. The number of ether oxygens (including phenoxy) is 1. The predicted octanol–water partition coefficient (Wildman–Crippen LogP) is 1.41. The fraction of sp³-hybridized carbons (Fsp3) is 0.267. The SMILES string of the molecule is NCC#Cc1cnn(CCOCc2ccccc2)c1. The Bertz CT molecular complexity index is 552. The molecule has 0 bridgehead atoms. The Kier molecular flexibility index (Phi) is 5.17. The molecule has 0 aliphatic rings. The van der Waals surface area contributed by atoms with Crippen molar-refractivity contribution in [2.45, 2.75) is 13.2 Å². The van der Waals surface area contributed by atoms with Crippen molar-refractivity contribution in [1.29, 1.82) is 0 Å². The molecule has 2 N–H and O–H groups in total. The molecule has 2 rings (SSSR count). The predicted molar refractivity (Wildman–Crippen MR) is 74.3 cm³/mol. The lowest BCUT2D eigenvalue weighted by molar-refractivity contribution is 0.111. The van der Waals surface area contributed by atoms with Crippen LogP contribution in [-0.4, -0.2) is 22.9 Å². The molecule has 4 nitrogen and oxygen atoms in total. The Balaban J connectivity index is 1.72. The Hall–Kier alpha value is -2.09. The van der Waals surface area contributed by atoms with Crippen LogP contribution in [0, 0.1) is 11.8 Å². The van der Waals surface area contributed by atoms with E-state index >= 15 is 0 Å². The summed E-state index contributed by atoms with van der Waals surface area (Å²) < 4.78 is 7.42. The van der Waals surface area contributed by atoms with E-state index in [4.69, 9.17) is 10.5 Å². The summed E-state index contributed by atoms with van der Waals surface area (Å²) in [4.78, 5) is 0. The zero-order valence-electron chi connectivity index (χ0n) is 10.7. The third kappa shape index (κ3) is 4.59. The lowest BCUT2D eigenvalue weighted by Crippen LogP contribution is -2.06. The van der Waals surface area contributed by atoms with Crippen molar-refractivity contribution in [1.82, 2.24) is 9.78 Å². The lowest BCUT2D eigenvalue weighted by atomic mass is 10.2. The third-order valence-corrected chi connectivity index (χ3v) is 2.54. The van der Waals surface area contributed by atoms with Crippen LogP contribution < -0.4 is 5.73 Å². The molecule has 4 heteroatoms. The van der Waals surface area contributed by atoms with Gasteiger partial charge in [-0.05, 0) is 5.56 Å². The Morgan fingerprint density at radius 3 is 2.89 bits per heavy atom. The minimum Gasteiger partial charge on any atom is -0.375 e. The van der Waals surface area contributed by atoms with E-state index in [0.29, 0.717) is 19.8 Å². The van der Waals surface area contributed by atoms with E-state index in [1.807, 2.05) is 29.1 Å². The van der Waals surface area contributed by atoms with Crippen LogP contribution in [0.1, 0.15) is 11.1 Å². The van der Waals surface area contributed by atoms with E-state index in [9.17, 15) is 0 Å². The van der Waals surface area contributed by atoms with Gasteiger partial charge >= 0.3 is 0 Å². The van der Waals surface area contributed by atoms with E-state index in [1.54, 1.807) is 6.20 Å². The van der Waals surface area contributed by atoms with E-state index in [0.717, 1.165) is 12.1 Å². The molecule has 0 saturated carbocycles. The first-order chi connectivity index (χ1) is 9.38. The van der Waals surface area contributed by atoms with E-state index in [-0.39, 0.29) is 0 Å². The summed E-state index contributed by atoms with van der Waals surface area (Å²) in [6.45, 7) is 2.34. The Labute approximate surface area is 113 Å². The summed E-state index contributed by atoms with van der Waals surface area (Å²) in [5.41, 5.74) is 7.38. The van der Waals surface area contributed by atoms with Crippen molar-refractivity contribution >= 4 is 0 Å². The summed E-state index contributed by atoms with van der Waals surface area (Å²) in [5, 5.41) is 4.21. The number of hydrogen-bond donors (Lipinski definition) is 1. The van der Waals surface area contributed by atoms with Gasteiger partial charge in [0, 0.05) is 6.20 Å². The van der Waals surface area contributed by atoms with Gasteiger partial charge < -0.3 is 10.5 Å². The minimum absolute atomic E-state index is 0.366. The molecule has 0 amide bonds. The molecule has 98 valence electrons. The van der Waals surface area contributed by atoms with Crippen molar-refractivity contribution in [3.63, 3.8) is 0 Å². The highest BCUT2D eigenvalue weighted by molar-refractivity contribution is 5.29. The van der Waals surface area contributed by atoms with Crippen LogP contribution in [-0.2, 0) is 17.9 Å². The molecule has 0 unspecified atom stereocenters. The second kappa shape index (κ2) is 7.37. The van der Waals surface area contributed by atoms with Crippen molar-refractivity contribution in [2.75, 3.05) is 13.2 Å². The number of rotatable bonds is 5. The zero-order valence-corrected chi connectivity index (χ0v) is 10.7. The largest absolute Gasteiger partial charge is 0.375 e. The highest BCUT2D eigenvalue weighted by Crippen LogP contribution is 2.01. The Morgan fingerprint density at radius 2 is 2.11 bits per heavy atom. The van der Waals surface area contributed by atoms with Crippen molar-refractivity contribution in [3.8, 4) is 11.8 Å². The first-order valence-electron chi connectivity index (χ1n) is 6.21. The molecule has 0 aliphatic heterocycles. The van der Waals surface area contributed by atoms with Crippen LogP contribution >= 0.6 is 0 Å². The summed E-state index contributed by atoms with van der Waals surface area (Å²) in [5.74, 6) is 5.74. The molecule has 1 heterocycles. The number of nitrogens with zero attached hydrogens (tertiary/aromatic N) is 2. The second-order valence-corrected chi connectivity index (χ2v) is 4.04. The maximum atomic E-state index is 5.60. The van der Waals surface area contributed by atoms with Crippen LogP contribution in [0.5, 0.6) is 0 Å². The van der Waals surface area contributed by atoms with Crippen LogP contribution in [0.4, 0.5) is 0 Å². The monoisotopic (exact) mass is 255 g/mol. The molecule has 0 atom stereocenters. The van der Waals surface area contributed by atoms with Gasteiger partial charge in [0.1, 0.15) is 0 Å². The molecule has 0 fully saturated rings. The molecule has 1 aromatic heterocycles. The van der Waals surface area contributed by atoms with Crippen molar-refractivity contribution < 1.29 is 4.74 Å². The molecular weight excluding hydrogens is 238 g/mol. The van der Waals surface area contributed by atoms with E-state index < -0.39 is 0 Å². The molecule has 1 aromatic carbocycles. The lowest BCUT2D eigenvalue weighted by Gasteiger charge is -2.04. The van der Waals surface area contributed by atoms with Gasteiger partial charge in [0.2, 0.25) is 0 Å². The van der Waals surface area contributed by atoms with Gasteiger partial charge in [0.15, 0.2) is 0 Å². The maximum Gasteiger partial charge on any atom is 0.0717 e. The number of benzene rings is 1. The maximum absolute atomic E-state index is 5.60. The highest BCUT2D eigenvalue weighted by atomic mass is 16.5. The van der Waals surface area contributed by atoms with Gasteiger partial charge in [0.05, 0.1) is 38.1 Å². The molecule has 19 heavy (non-hydrogen) atoms. The van der Waals surface area contributed by atoms with Gasteiger partial charge in [-0.2, -0.15) is 5.10 Å². The topological polar surface area (TPSA) is 53.1 Å². The fourth-order valence-corrected chi connectivity index (χ4v) is 1.63. The molecular formula is C15H17N3O. The minimum atomic E-state index is 0.366. The molecule has 2 aromatic rings. The first kappa shape index (κ1) is 13.3. The molecule has 0 aliphatic carbocycles. The highest BCUT2D eigenvalue weighted by Gasteiger charge is 1.96. The average Bonchev–Trinajstić information content (AvgIpc) is 2.90. The van der Waals surface area contributed by atoms with Crippen LogP contribution in [0.2, 0.25) is 0 Å². The van der Waals surface area contributed by atoms with Crippen LogP contribution in [0.15, 0.2) is 42.7 Å². The van der Waals surface area contributed by atoms with Gasteiger partial charge in [-0.15, -0.1) is 0 Å². The second-order valence-electron chi connectivity index (χ2n) is 4.04. The van der Waals surface area contributed by atoms with Crippen molar-refractivity contribution in [3.05, 3.63) is 53.9 Å². The number of nitrogens with two attached hydrogens (primary N) is 1. The van der Waals surface area contributed by atoms with Gasteiger partial charge in [-0.3, -0.25) is 4.68 Å². The van der Waals surface area contributed by atoms with Crippen LogP contribution in [0.3, 0.4) is 0 Å². The van der Waals surface area contributed by atoms with Gasteiger partial charge in [-0.1, -0.05) is 42.2 Å². The standard InChI is InChI=1S/C15H17N3O/c16-8-4-7-15-11-17-18(12-15)9-10-19-13-14-5-2-1-3-6-14/h1-3,5-6,11-12H,8-10,13,16H2. The van der Waals surface area contributed by atoms with Crippen LogP contribution in [0.25, 0.3) is 0 Å². The summed E-state index contributed by atoms with van der Waals surface area (Å²) in [6.07, 6.45) is 3.63. The Morgan fingerprint density at radius 1 is 1.26 bits per heavy atom. The van der Waals surface area contributed by atoms with E-state index in [2.05, 4.69) is 29.1 Å². The average molecular weight is 255 g/mol. The van der Waals surface area contributed by atoms with Gasteiger partial charge in [-0.25, -0.2) is 0 Å². The molecule has 0 saturated heterocycles. The number of hydrogen-bond acceptors (Lipinski definition) is 3. The first-order valence-corrected chi connectivity index (χ1v) is 6.21. The smallest absolute Gasteiger partial charge is 0.0717 e. The fourth-order valence-electron chi connectivity index (χ4n) is 1.63. The normalized spacial score (nSPS) is 9.95. The molecule has 0 radical (unpaired) electrons. The summed E-state index contributed by atoms with van der Waals surface area (Å²) in [7, 11) is 0. The van der Waals surface area contributed by atoms with Crippen molar-refractivity contribution in [2.24, 2.45) is 5.73 Å². The van der Waals surface area contributed by atoms with Gasteiger partial charge in [0.25, 0.3) is 0 Å². The summed E-state index contributed by atoms with van der Waals surface area (Å²) >= 11 is 0. The molecule has 0 spiro atoms. The number of aromatic nitrogens is 2.